The molecule has 0 saturated heterocycles. The largest absolute Gasteiger partial charge is 0.478 e. The lowest BCUT2D eigenvalue weighted by Crippen LogP contribution is -2.40. The number of hydrazine groups is 1. The van der Waals surface area contributed by atoms with Gasteiger partial charge in [0.15, 0.2) is 0 Å². The Morgan fingerprint density at radius 1 is 1.00 bits per heavy atom. The number of carbonyl (C=O) groups excluding carboxylic acids is 1. The van der Waals surface area contributed by atoms with Gasteiger partial charge in [0.25, 0.3) is 15.9 Å². The van der Waals surface area contributed by atoms with Crippen LogP contribution in [0.1, 0.15) is 10.4 Å². The van der Waals surface area contributed by atoms with Gasteiger partial charge >= 0.3 is 11.9 Å². The Hall–Kier alpha value is -2.72. The first-order valence-corrected chi connectivity index (χ1v) is 6.77. The molecule has 0 radical (unpaired) electrons. The van der Waals surface area contributed by atoms with Crippen molar-refractivity contribution in [1.82, 2.24) is 10.3 Å². The molecule has 0 aliphatic heterocycles. The summed E-state index contributed by atoms with van der Waals surface area (Å²) in [7, 11) is -4.09. The van der Waals surface area contributed by atoms with Crippen molar-refractivity contribution in [3.8, 4) is 0 Å². The molecule has 0 fully saturated rings. The highest BCUT2D eigenvalue weighted by Gasteiger charge is 2.15. The van der Waals surface area contributed by atoms with Crippen LogP contribution in [0.2, 0.25) is 0 Å². The number of hydrogen-bond donors (Lipinski definition) is 4. The third-order valence-corrected chi connectivity index (χ3v) is 3.36. The minimum absolute atomic E-state index is 0.0950. The summed E-state index contributed by atoms with van der Waals surface area (Å²) in [6, 6.07) is 4.27. The SMILES string of the molecule is O=C(O)/C=C/C(=O)NNS(=O)(=O)c1ccc(C(=O)O)cc1. The maximum Gasteiger partial charge on any atom is 0.335 e. The lowest BCUT2D eigenvalue weighted by molar-refractivity contribution is -0.131. The van der Waals surface area contributed by atoms with E-state index in [1.807, 2.05) is 0 Å². The molecule has 0 saturated carbocycles. The van der Waals surface area contributed by atoms with Crippen molar-refractivity contribution in [3.63, 3.8) is 0 Å². The van der Waals surface area contributed by atoms with Gasteiger partial charge in [0, 0.05) is 12.2 Å². The maximum absolute atomic E-state index is 11.7. The maximum atomic E-state index is 11.7. The quantitative estimate of drug-likeness (QED) is 0.402. The highest BCUT2D eigenvalue weighted by Crippen LogP contribution is 2.09. The van der Waals surface area contributed by atoms with Crippen LogP contribution in [0.3, 0.4) is 0 Å². The molecule has 0 bridgehead atoms. The second-order valence-corrected chi connectivity index (χ2v) is 5.28. The lowest BCUT2D eigenvalue weighted by atomic mass is 10.2. The first-order valence-electron chi connectivity index (χ1n) is 5.28. The smallest absolute Gasteiger partial charge is 0.335 e. The Morgan fingerprint density at radius 2 is 1.57 bits per heavy atom. The highest BCUT2D eigenvalue weighted by molar-refractivity contribution is 7.89. The highest BCUT2D eigenvalue weighted by atomic mass is 32.2. The van der Waals surface area contributed by atoms with Crippen LogP contribution in [-0.4, -0.2) is 36.5 Å². The van der Waals surface area contributed by atoms with Gasteiger partial charge in [-0.2, -0.15) is 0 Å². The van der Waals surface area contributed by atoms with Gasteiger partial charge in [-0.15, -0.1) is 4.83 Å². The summed E-state index contributed by atoms with van der Waals surface area (Å²) in [5.74, 6) is -3.56. The summed E-state index contributed by atoms with van der Waals surface area (Å²) >= 11 is 0. The molecule has 0 aromatic heterocycles. The number of carbonyl (C=O) groups is 3. The lowest BCUT2D eigenvalue weighted by Gasteiger charge is -2.06. The van der Waals surface area contributed by atoms with Crippen molar-refractivity contribution >= 4 is 27.9 Å². The van der Waals surface area contributed by atoms with Crippen LogP contribution >= 0.6 is 0 Å². The standard InChI is InChI=1S/C11H10N2O7S/c14-9(5-6-10(15)16)12-13-21(19,20)8-3-1-7(2-4-8)11(17)18/h1-6,13H,(H,12,14)(H,15,16)(H,17,18)/b6-5+. The van der Waals surface area contributed by atoms with Crippen molar-refractivity contribution in [2.45, 2.75) is 4.90 Å². The number of aliphatic carboxylic acids is 1. The number of nitrogens with one attached hydrogen (secondary N) is 2. The van der Waals surface area contributed by atoms with Gasteiger partial charge in [0.1, 0.15) is 0 Å². The Kier molecular flexibility index (Phi) is 5.16. The molecule has 4 N–H and O–H groups in total. The molecule has 1 aromatic rings. The van der Waals surface area contributed by atoms with Crippen LogP contribution < -0.4 is 10.3 Å². The van der Waals surface area contributed by atoms with Crippen LogP contribution in [0.4, 0.5) is 0 Å². The Bertz CT molecular complexity index is 692. The molecule has 112 valence electrons. The van der Waals surface area contributed by atoms with Crippen molar-refractivity contribution in [2.24, 2.45) is 0 Å². The molecule has 1 amide bonds. The number of carboxylic acid groups (broad SMARTS) is 2. The van der Waals surface area contributed by atoms with Gasteiger partial charge in [-0.1, -0.05) is 0 Å². The van der Waals surface area contributed by atoms with E-state index in [1.54, 1.807) is 10.3 Å². The van der Waals surface area contributed by atoms with Crippen LogP contribution in [0.5, 0.6) is 0 Å². The van der Waals surface area contributed by atoms with Crippen LogP contribution in [0, 0.1) is 0 Å². The molecular formula is C11H10N2O7S. The summed E-state index contributed by atoms with van der Waals surface area (Å²) in [6.45, 7) is 0. The van der Waals surface area contributed by atoms with Crippen LogP contribution in [0.15, 0.2) is 41.3 Å². The summed E-state index contributed by atoms with van der Waals surface area (Å²) in [5.41, 5.74) is 1.68. The first kappa shape index (κ1) is 16.3. The van der Waals surface area contributed by atoms with Crippen LogP contribution in [-0.2, 0) is 19.6 Å². The molecule has 1 rings (SSSR count). The number of aromatic carboxylic acids is 1. The molecule has 21 heavy (non-hydrogen) atoms. The van der Waals surface area contributed by atoms with Crippen molar-refractivity contribution in [2.75, 3.05) is 0 Å². The van der Waals surface area contributed by atoms with E-state index in [-0.39, 0.29) is 10.5 Å². The van der Waals surface area contributed by atoms with Gasteiger partial charge in [-0.3, -0.25) is 10.2 Å². The monoisotopic (exact) mass is 314 g/mol. The van der Waals surface area contributed by atoms with Crippen molar-refractivity contribution in [1.29, 1.82) is 0 Å². The van der Waals surface area contributed by atoms with E-state index >= 15 is 0 Å². The summed E-state index contributed by atoms with van der Waals surface area (Å²) in [4.78, 5) is 33.3. The third-order valence-electron chi connectivity index (χ3n) is 2.10. The summed E-state index contributed by atoms with van der Waals surface area (Å²) < 4.78 is 23.5. The van der Waals surface area contributed by atoms with E-state index in [0.717, 1.165) is 24.3 Å². The summed E-state index contributed by atoms with van der Waals surface area (Å²) in [6.07, 6.45) is 1.16. The van der Waals surface area contributed by atoms with Gasteiger partial charge in [-0.25, -0.2) is 18.0 Å². The van der Waals surface area contributed by atoms with E-state index in [1.165, 1.54) is 0 Å². The van der Waals surface area contributed by atoms with Gasteiger partial charge in [0.05, 0.1) is 10.5 Å². The molecule has 10 heteroatoms. The van der Waals surface area contributed by atoms with Gasteiger partial charge in [-0.05, 0) is 24.3 Å². The number of amides is 1. The minimum atomic E-state index is -4.09. The molecule has 9 nitrogen and oxygen atoms in total. The van der Waals surface area contributed by atoms with E-state index in [4.69, 9.17) is 10.2 Å². The van der Waals surface area contributed by atoms with Gasteiger partial charge in [0.2, 0.25) is 0 Å². The molecule has 0 unspecified atom stereocenters. The third kappa shape index (κ3) is 5.04. The number of rotatable bonds is 6. The number of hydrogen-bond acceptors (Lipinski definition) is 5. The number of benzene rings is 1. The Morgan fingerprint density at radius 3 is 2.05 bits per heavy atom. The minimum Gasteiger partial charge on any atom is -0.478 e. The topological polar surface area (TPSA) is 150 Å². The van der Waals surface area contributed by atoms with Crippen molar-refractivity contribution < 1.29 is 33.0 Å². The molecule has 0 aliphatic carbocycles. The summed E-state index contributed by atoms with van der Waals surface area (Å²) in [5, 5.41) is 17.0. The fourth-order valence-electron chi connectivity index (χ4n) is 1.14. The van der Waals surface area contributed by atoms with E-state index in [0.29, 0.717) is 12.2 Å². The van der Waals surface area contributed by atoms with Gasteiger partial charge < -0.3 is 10.2 Å². The zero-order valence-corrected chi connectivity index (χ0v) is 11.1. The first-order chi connectivity index (χ1) is 9.72. The Labute approximate surface area is 118 Å². The fraction of sp³-hybridized carbons (Fsp3) is 0. The normalized spacial score (nSPS) is 11.2. The molecule has 1 aromatic carbocycles. The molecule has 0 spiro atoms. The second kappa shape index (κ2) is 6.63. The number of carboxylic acids is 2. The van der Waals surface area contributed by atoms with Crippen LogP contribution in [0.25, 0.3) is 0 Å². The average Bonchev–Trinajstić information content (AvgIpc) is 2.43. The predicted octanol–water partition coefficient (Wildman–Crippen LogP) is -0.665. The molecule has 0 aliphatic rings. The van der Waals surface area contributed by atoms with E-state index in [9.17, 15) is 22.8 Å². The molecular weight excluding hydrogens is 304 g/mol. The van der Waals surface area contributed by atoms with E-state index < -0.39 is 27.9 Å². The van der Waals surface area contributed by atoms with Crippen molar-refractivity contribution in [3.05, 3.63) is 42.0 Å². The second-order valence-electron chi connectivity index (χ2n) is 3.60. The number of sulfonamides is 1. The average molecular weight is 314 g/mol. The Balaban J connectivity index is 2.75. The zero-order chi connectivity index (χ0) is 16.0. The van der Waals surface area contributed by atoms with E-state index in [2.05, 4.69) is 0 Å². The predicted molar refractivity (Wildman–Crippen MR) is 68.6 cm³/mol. The molecule has 0 atom stereocenters. The zero-order valence-electron chi connectivity index (χ0n) is 10.3. The molecule has 0 heterocycles. The fourth-order valence-corrected chi connectivity index (χ4v) is 1.99.